The highest BCUT2D eigenvalue weighted by Gasteiger charge is 2.35. The van der Waals surface area contributed by atoms with Gasteiger partial charge in [0.05, 0.1) is 40.5 Å². The van der Waals surface area contributed by atoms with Crippen LogP contribution in [0.1, 0.15) is 34.1 Å². The maximum absolute atomic E-state index is 11.9. The molecule has 0 radical (unpaired) electrons. The average Bonchev–Trinajstić information content (AvgIpc) is 3.16. The van der Waals surface area contributed by atoms with E-state index in [2.05, 4.69) is 37.0 Å². The van der Waals surface area contributed by atoms with Gasteiger partial charge in [-0.15, -0.1) is 0 Å². The van der Waals surface area contributed by atoms with Crippen molar-refractivity contribution >= 4 is 23.2 Å². The summed E-state index contributed by atoms with van der Waals surface area (Å²) >= 11 is 0. The molecule has 0 bridgehead atoms. The van der Waals surface area contributed by atoms with Crippen LogP contribution in [0.2, 0.25) is 0 Å². The van der Waals surface area contributed by atoms with Crippen molar-refractivity contribution in [2.45, 2.75) is 19.3 Å². The molecule has 9 nitrogen and oxygen atoms in total. The number of carbonyl (C=O) groups excluding carboxylic acids is 1. The molecule has 4 rings (SSSR count). The maximum Gasteiger partial charge on any atom is 0.252 e. The Morgan fingerprint density at radius 3 is 2.88 bits per heavy atom. The van der Waals surface area contributed by atoms with Gasteiger partial charge in [0, 0.05) is 37.0 Å². The average molecular weight is 429 g/mol. The van der Waals surface area contributed by atoms with E-state index in [1.165, 1.54) is 6.20 Å². The van der Waals surface area contributed by atoms with Gasteiger partial charge in [-0.05, 0) is 36.8 Å². The number of hydrogen-bond acceptors (Lipinski definition) is 8. The summed E-state index contributed by atoms with van der Waals surface area (Å²) in [6.07, 6.45) is 3.13. The Kier molecular flexibility index (Phi) is 5.47. The SMILES string of the molecule is CNC(=O)c1cnc(C)c(Nc2nccc(-c3cc(C#N)c4c(c3)[C@@](C)(CO)CN4)n2)c1. The van der Waals surface area contributed by atoms with Crippen molar-refractivity contribution < 1.29 is 9.90 Å². The molecule has 0 spiro atoms. The second-order valence-corrected chi connectivity index (χ2v) is 7.96. The number of carbonyl (C=O) groups is 1. The summed E-state index contributed by atoms with van der Waals surface area (Å²) in [5.41, 5.74) is 4.78. The molecule has 162 valence electrons. The van der Waals surface area contributed by atoms with Crippen LogP contribution in [-0.2, 0) is 5.41 Å². The van der Waals surface area contributed by atoms with Gasteiger partial charge in [-0.25, -0.2) is 9.97 Å². The van der Waals surface area contributed by atoms with E-state index < -0.39 is 5.41 Å². The Labute approximate surface area is 185 Å². The van der Waals surface area contributed by atoms with E-state index in [0.717, 1.165) is 16.8 Å². The Morgan fingerprint density at radius 1 is 1.34 bits per heavy atom. The number of nitrogens with zero attached hydrogens (tertiary/aromatic N) is 4. The minimum Gasteiger partial charge on any atom is -0.395 e. The zero-order valence-electron chi connectivity index (χ0n) is 18.0. The molecule has 1 aromatic carbocycles. The molecule has 0 saturated carbocycles. The Morgan fingerprint density at radius 2 is 2.16 bits per heavy atom. The molecule has 0 saturated heterocycles. The number of aryl methyl sites for hydroxylation is 1. The fraction of sp³-hybridized carbons (Fsp3) is 0.261. The van der Waals surface area contributed by atoms with Crippen molar-refractivity contribution in [1.29, 1.82) is 5.26 Å². The molecule has 0 unspecified atom stereocenters. The van der Waals surface area contributed by atoms with Crippen molar-refractivity contribution in [2.24, 2.45) is 0 Å². The number of amides is 1. The molecular weight excluding hydrogens is 406 g/mol. The van der Waals surface area contributed by atoms with Crippen LogP contribution in [0.25, 0.3) is 11.3 Å². The van der Waals surface area contributed by atoms with Crippen LogP contribution in [0.5, 0.6) is 0 Å². The monoisotopic (exact) mass is 429 g/mol. The summed E-state index contributed by atoms with van der Waals surface area (Å²) in [5, 5.41) is 28.5. The number of hydrogen-bond donors (Lipinski definition) is 4. The van der Waals surface area contributed by atoms with Gasteiger partial charge in [0.15, 0.2) is 0 Å². The van der Waals surface area contributed by atoms with Crippen molar-refractivity contribution in [3.63, 3.8) is 0 Å². The van der Waals surface area contributed by atoms with E-state index in [9.17, 15) is 15.2 Å². The number of rotatable bonds is 5. The van der Waals surface area contributed by atoms with Gasteiger partial charge in [-0.1, -0.05) is 6.92 Å². The zero-order valence-corrected chi connectivity index (χ0v) is 18.0. The smallest absolute Gasteiger partial charge is 0.252 e. The number of pyridine rings is 1. The molecule has 1 atom stereocenters. The van der Waals surface area contributed by atoms with Crippen LogP contribution in [0.15, 0.2) is 36.7 Å². The number of benzene rings is 1. The lowest BCUT2D eigenvalue weighted by molar-refractivity contribution is 0.0962. The standard InChI is InChI=1S/C23H23N7O2/c1-13-19(8-16(10-27-13)21(32)25-3)30-22-26-5-4-18(29-22)14-6-15(9-24)20-17(7-14)23(2,12-31)11-28-20/h4-8,10,28,31H,11-12H2,1-3H3,(H,25,32)(H,26,29,30)/t23-/m1/s1. The van der Waals surface area contributed by atoms with E-state index in [1.807, 2.05) is 19.9 Å². The number of aliphatic hydroxyl groups excluding tert-OH is 1. The number of aliphatic hydroxyl groups is 1. The molecule has 1 amide bonds. The first-order valence-corrected chi connectivity index (χ1v) is 10.1. The molecule has 32 heavy (non-hydrogen) atoms. The number of aromatic nitrogens is 3. The van der Waals surface area contributed by atoms with Crippen molar-refractivity contribution in [3.05, 3.63) is 59.0 Å². The van der Waals surface area contributed by atoms with Gasteiger partial charge in [0.1, 0.15) is 6.07 Å². The van der Waals surface area contributed by atoms with Crippen LogP contribution in [-0.4, -0.2) is 46.2 Å². The number of anilines is 3. The molecule has 2 aromatic heterocycles. The molecule has 3 aromatic rings. The molecule has 4 N–H and O–H groups in total. The van der Waals surface area contributed by atoms with Gasteiger partial charge in [0.25, 0.3) is 5.91 Å². The lowest BCUT2D eigenvalue weighted by Crippen LogP contribution is -2.28. The molecule has 1 aliphatic rings. The van der Waals surface area contributed by atoms with Crippen molar-refractivity contribution in [2.75, 3.05) is 30.8 Å². The topological polar surface area (TPSA) is 136 Å². The Balaban J connectivity index is 1.72. The first kappa shape index (κ1) is 21.2. The fourth-order valence-electron chi connectivity index (χ4n) is 3.69. The summed E-state index contributed by atoms with van der Waals surface area (Å²) in [7, 11) is 1.56. The second-order valence-electron chi connectivity index (χ2n) is 7.96. The Hall–Kier alpha value is -4.03. The molecule has 0 aliphatic carbocycles. The van der Waals surface area contributed by atoms with Crippen LogP contribution >= 0.6 is 0 Å². The van der Waals surface area contributed by atoms with Crippen LogP contribution in [0.4, 0.5) is 17.3 Å². The van der Waals surface area contributed by atoms with E-state index in [-0.39, 0.29) is 12.5 Å². The molecular formula is C23H23N7O2. The normalized spacial score (nSPS) is 16.6. The molecule has 0 fully saturated rings. The first-order valence-electron chi connectivity index (χ1n) is 10.1. The van der Waals surface area contributed by atoms with Crippen LogP contribution in [0, 0.1) is 18.3 Å². The van der Waals surface area contributed by atoms with E-state index >= 15 is 0 Å². The van der Waals surface area contributed by atoms with Gasteiger partial charge in [0.2, 0.25) is 5.95 Å². The minimum atomic E-state index is -0.478. The van der Waals surface area contributed by atoms with Crippen LogP contribution in [0.3, 0.4) is 0 Å². The summed E-state index contributed by atoms with van der Waals surface area (Å²) in [4.78, 5) is 25.1. The quantitative estimate of drug-likeness (QED) is 0.486. The van der Waals surface area contributed by atoms with E-state index in [0.29, 0.717) is 40.7 Å². The lowest BCUT2D eigenvalue weighted by atomic mass is 9.83. The summed E-state index contributed by atoms with van der Waals surface area (Å²) in [6.45, 7) is 4.30. The molecule has 1 aliphatic heterocycles. The Bertz CT molecular complexity index is 1250. The number of fused-ring (bicyclic) bond motifs is 1. The van der Waals surface area contributed by atoms with Gasteiger partial charge in [-0.3, -0.25) is 9.78 Å². The summed E-state index contributed by atoms with van der Waals surface area (Å²) in [5.74, 6) is 0.0986. The fourth-order valence-corrected chi connectivity index (χ4v) is 3.69. The van der Waals surface area contributed by atoms with E-state index in [1.54, 1.807) is 31.4 Å². The predicted octanol–water partition coefficient (Wildman–Crippen LogP) is 2.50. The highest BCUT2D eigenvalue weighted by atomic mass is 16.3. The first-order chi connectivity index (χ1) is 15.4. The summed E-state index contributed by atoms with van der Waals surface area (Å²) in [6, 6.07) is 9.42. The van der Waals surface area contributed by atoms with Crippen molar-refractivity contribution in [3.8, 4) is 17.3 Å². The largest absolute Gasteiger partial charge is 0.395 e. The van der Waals surface area contributed by atoms with E-state index in [4.69, 9.17) is 0 Å². The third kappa shape index (κ3) is 3.72. The van der Waals surface area contributed by atoms with Gasteiger partial charge in [-0.2, -0.15) is 5.26 Å². The maximum atomic E-state index is 11.9. The van der Waals surface area contributed by atoms with Crippen molar-refractivity contribution in [1.82, 2.24) is 20.3 Å². The third-order valence-corrected chi connectivity index (χ3v) is 5.69. The lowest BCUT2D eigenvalue weighted by Gasteiger charge is -2.21. The summed E-state index contributed by atoms with van der Waals surface area (Å²) < 4.78 is 0. The molecule has 3 heterocycles. The number of nitrogens with one attached hydrogen (secondary N) is 3. The minimum absolute atomic E-state index is 0.0359. The highest BCUT2D eigenvalue weighted by molar-refractivity contribution is 5.94. The molecule has 9 heteroatoms. The predicted molar refractivity (Wildman–Crippen MR) is 121 cm³/mol. The second kappa shape index (κ2) is 8.24. The number of nitriles is 1. The zero-order chi connectivity index (χ0) is 22.9. The highest BCUT2D eigenvalue weighted by Crippen LogP contribution is 2.41. The van der Waals surface area contributed by atoms with Gasteiger partial charge < -0.3 is 21.1 Å². The van der Waals surface area contributed by atoms with Gasteiger partial charge >= 0.3 is 0 Å². The van der Waals surface area contributed by atoms with Crippen LogP contribution < -0.4 is 16.0 Å². The third-order valence-electron chi connectivity index (χ3n) is 5.69.